The summed E-state index contributed by atoms with van der Waals surface area (Å²) in [6, 6.07) is 20.4. The number of carbonyl (C=O) groups excluding carboxylic acids is 1. The number of hydrogen-bond donors (Lipinski definition) is 0. The van der Waals surface area contributed by atoms with Crippen LogP contribution in [0.4, 0.5) is 10.1 Å². The number of carbonyl (C=O) groups is 1. The third-order valence-corrected chi connectivity index (χ3v) is 5.46. The lowest BCUT2D eigenvalue weighted by molar-refractivity contribution is 0.0980. The Morgan fingerprint density at radius 2 is 1.74 bits per heavy atom. The SMILES string of the molecule is O=C(c1ccccc1F)N(Cc1nccn1Cc1ccc(Cl)cc1Cl)c1ccccc1. The number of nitrogens with zero attached hydrogens (tertiary/aromatic N) is 3. The third-order valence-electron chi connectivity index (χ3n) is 4.87. The Morgan fingerprint density at radius 3 is 2.48 bits per heavy atom. The van der Waals surface area contributed by atoms with E-state index in [9.17, 15) is 9.18 Å². The van der Waals surface area contributed by atoms with Crippen molar-refractivity contribution in [3.63, 3.8) is 0 Å². The van der Waals surface area contributed by atoms with Crippen LogP contribution in [0.5, 0.6) is 0 Å². The maximum Gasteiger partial charge on any atom is 0.261 e. The standard InChI is InChI=1S/C24H18Cl2FN3O/c25-18-11-10-17(21(26)14-18)15-29-13-12-28-23(29)16-30(19-6-2-1-3-7-19)24(31)20-8-4-5-9-22(20)27/h1-14H,15-16H2. The monoisotopic (exact) mass is 453 g/mol. The quantitative estimate of drug-likeness (QED) is 0.347. The first-order valence-corrected chi connectivity index (χ1v) is 10.3. The molecule has 156 valence electrons. The zero-order valence-electron chi connectivity index (χ0n) is 16.4. The molecule has 0 aliphatic carbocycles. The molecule has 4 aromatic rings. The Morgan fingerprint density at radius 1 is 1.00 bits per heavy atom. The molecule has 7 heteroatoms. The van der Waals surface area contributed by atoms with E-state index in [1.165, 1.54) is 17.0 Å². The Labute approximate surface area is 189 Å². The first-order chi connectivity index (χ1) is 15.0. The number of imidazole rings is 1. The predicted octanol–water partition coefficient (Wildman–Crippen LogP) is 6.22. The van der Waals surface area contributed by atoms with Crippen molar-refractivity contribution in [2.45, 2.75) is 13.1 Å². The van der Waals surface area contributed by atoms with Gasteiger partial charge in [-0.15, -0.1) is 0 Å². The van der Waals surface area contributed by atoms with Gasteiger partial charge in [0.25, 0.3) is 5.91 Å². The molecule has 1 aromatic heterocycles. The number of hydrogen-bond acceptors (Lipinski definition) is 2. The predicted molar refractivity (Wildman–Crippen MR) is 121 cm³/mol. The minimum atomic E-state index is -0.565. The van der Waals surface area contributed by atoms with E-state index in [4.69, 9.17) is 23.2 Å². The van der Waals surface area contributed by atoms with Crippen LogP contribution in [0.3, 0.4) is 0 Å². The Balaban J connectivity index is 1.67. The molecule has 0 spiro atoms. The minimum Gasteiger partial charge on any atom is -0.329 e. The molecule has 0 radical (unpaired) electrons. The van der Waals surface area contributed by atoms with E-state index in [0.29, 0.717) is 28.1 Å². The maximum atomic E-state index is 14.3. The van der Waals surface area contributed by atoms with Crippen LogP contribution in [0, 0.1) is 5.82 Å². The van der Waals surface area contributed by atoms with Crippen LogP contribution in [-0.4, -0.2) is 15.5 Å². The van der Waals surface area contributed by atoms with E-state index in [0.717, 1.165) is 5.56 Å². The number of rotatable bonds is 6. The van der Waals surface area contributed by atoms with Gasteiger partial charge in [-0.3, -0.25) is 4.79 Å². The fourth-order valence-electron chi connectivity index (χ4n) is 3.28. The number of amides is 1. The van der Waals surface area contributed by atoms with Crippen molar-refractivity contribution < 1.29 is 9.18 Å². The van der Waals surface area contributed by atoms with E-state index < -0.39 is 11.7 Å². The molecule has 1 amide bonds. The van der Waals surface area contributed by atoms with Gasteiger partial charge >= 0.3 is 0 Å². The number of benzene rings is 3. The van der Waals surface area contributed by atoms with Gasteiger partial charge in [-0.25, -0.2) is 9.37 Å². The lowest BCUT2D eigenvalue weighted by Crippen LogP contribution is -2.32. The number of halogens is 3. The van der Waals surface area contributed by atoms with Crippen LogP contribution in [0.25, 0.3) is 0 Å². The van der Waals surface area contributed by atoms with Gasteiger partial charge in [-0.1, -0.05) is 59.6 Å². The van der Waals surface area contributed by atoms with Crippen LogP contribution in [0.2, 0.25) is 10.0 Å². The van der Waals surface area contributed by atoms with Gasteiger partial charge in [0.05, 0.1) is 18.7 Å². The second-order valence-electron chi connectivity index (χ2n) is 6.91. The van der Waals surface area contributed by atoms with Crippen molar-refractivity contribution in [1.29, 1.82) is 0 Å². The molecule has 4 rings (SSSR count). The average molecular weight is 454 g/mol. The van der Waals surface area contributed by atoms with Crippen LogP contribution < -0.4 is 4.90 Å². The molecule has 0 aliphatic rings. The van der Waals surface area contributed by atoms with E-state index in [2.05, 4.69) is 4.98 Å². The summed E-state index contributed by atoms with van der Waals surface area (Å²) in [5.41, 5.74) is 1.53. The normalized spacial score (nSPS) is 10.8. The second kappa shape index (κ2) is 9.33. The fraction of sp³-hybridized carbons (Fsp3) is 0.0833. The summed E-state index contributed by atoms with van der Waals surface area (Å²) in [7, 11) is 0. The van der Waals surface area contributed by atoms with Crippen LogP contribution in [0.15, 0.2) is 85.2 Å². The lowest BCUT2D eigenvalue weighted by atomic mass is 10.1. The topological polar surface area (TPSA) is 38.1 Å². The molecular weight excluding hydrogens is 436 g/mol. The van der Waals surface area contributed by atoms with Gasteiger partial charge in [-0.2, -0.15) is 0 Å². The van der Waals surface area contributed by atoms with Crippen LogP contribution in [0.1, 0.15) is 21.7 Å². The minimum absolute atomic E-state index is 0.00482. The largest absolute Gasteiger partial charge is 0.329 e. The Bertz CT molecular complexity index is 1210. The van der Waals surface area contributed by atoms with Gasteiger partial charge in [0.15, 0.2) is 0 Å². The molecular formula is C24H18Cl2FN3O. The molecule has 0 fully saturated rings. The van der Waals surface area contributed by atoms with Crippen LogP contribution in [-0.2, 0) is 13.1 Å². The Kier molecular flexibility index (Phi) is 6.35. The van der Waals surface area contributed by atoms with Gasteiger partial charge < -0.3 is 9.47 Å². The summed E-state index contributed by atoms with van der Waals surface area (Å²) in [6.07, 6.45) is 3.48. The summed E-state index contributed by atoms with van der Waals surface area (Å²) >= 11 is 12.3. The van der Waals surface area contributed by atoms with Gasteiger partial charge in [-0.05, 0) is 42.0 Å². The molecule has 0 aliphatic heterocycles. The van der Waals surface area contributed by atoms with Crippen molar-refractivity contribution in [1.82, 2.24) is 9.55 Å². The molecule has 0 saturated carbocycles. The molecule has 3 aromatic carbocycles. The zero-order valence-corrected chi connectivity index (χ0v) is 17.9. The highest BCUT2D eigenvalue weighted by Crippen LogP contribution is 2.24. The maximum absolute atomic E-state index is 14.3. The molecule has 0 saturated heterocycles. The second-order valence-corrected chi connectivity index (χ2v) is 7.76. The number of aromatic nitrogens is 2. The number of para-hydroxylation sites is 1. The van der Waals surface area contributed by atoms with Gasteiger partial charge in [0, 0.05) is 28.1 Å². The molecule has 0 atom stereocenters. The highest BCUT2D eigenvalue weighted by atomic mass is 35.5. The van der Waals surface area contributed by atoms with Crippen molar-refractivity contribution in [3.05, 3.63) is 118 Å². The van der Waals surface area contributed by atoms with Crippen molar-refractivity contribution in [2.75, 3.05) is 4.90 Å². The lowest BCUT2D eigenvalue weighted by Gasteiger charge is -2.23. The summed E-state index contributed by atoms with van der Waals surface area (Å²) in [5, 5.41) is 1.11. The molecule has 1 heterocycles. The summed E-state index contributed by atoms with van der Waals surface area (Å²) in [5.74, 6) is -0.368. The van der Waals surface area contributed by atoms with Gasteiger partial charge in [0.2, 0.25) is 0 Å². The smallest absolute Gasteiger partial charge is 0.261 e. The van der Waals surface area contributed by atoms with Crippen LogP contribution >= 0.6 is 23.2 Å². The van der Waals surface area contributed by atoms with Gasteiger partial charge in [0.1, 0.15) is 11.6 Å². The van der Waals surface area contributed by atoms with E-state index in [1.54, 1.807) is 30.5 Å². The summed E-state index contributed by atoms with van der Waals surface area (Å²) < 4.78 is 16.2. The molecule has 0 N–H and O–H groups in total. The first kappa shape index (κ1) is 21.1. The highest BCUT2D eigenvalue weighted by molar-refractivity contribution is 6.35. The third kappa shape index (κ3) is 4.79. The molecule has 31 heavy (non-hydrogen) atoms. The van der Waals surface area contributed by atoms with Crippen molar-refractivity contribution in [2.24, 2.45) is 0 Å². The van der Waals surface area contributed by atoms with Crippen molar-refractivity contribution >= 4 is 34.8 Å². The van der Waals surface area contributed by atoms with E-state index >= 15 is 0 Å². The molecule has 0 bridgehead atoms. The first-order valence-electron chi connectivity index (χ1n) is 9.58. The van der Waals surface area contributed by atoms with Crippen molar-refractivity contribution in [3.8, 4) is 0 Å². The highest BCUT2D eigenvalue weighted by Gasteiger charge is 2.22. The molecule has 0 unspecified atom stereocenters. The molecule has 4 nitrogen and oxygen atoms in total. The summed E-state index contributed by atoms with van der Waals surface area (Å²) in [6.45, 7) is 0.622. The zero-order chi connectivity index (χ0) is 21.8. The Hall–Kier alpha value is -3.15. The fourth-order valence-corrected chi connectivity index (χ4v) is 3.75. The van der Waals surface area contributed by atoms with E-state index in [-0.39, 0.29) is 12.1 Å². The number of anilines is 1. The van der Waals surface area contributed by atoms with E-state index in [1.807, 2.05) is 47.2 Å². The summed E-state index contributed by atoms with van der Waals surface area (Å²) in [4.78, 5) is 19.2. The average Bonchev–Trinajstić information content (AvgIpc) is 3.21.